The molecular weight excluding hydrogens is 444 g/mol. The van der Waals surface area contributed by atoms with Gasteiger partial charge in [0.15, 0.2) is 0 Å². The molecule has 0 radical (unpaired) electrons. The summed E-state index contributed by atoms with van der Waals surface area (Å²) >= 11 is 0. The van der Waals surface area contributed by atoms with Gasteiger partial charge in [0.25, 0.3) is 0 Å². The molecule has 0 saturated carbocycles. The van der Waals surface area contributed by atoms with Gasteiger partial charge in [0.2, 0.25) is 5.91 Å². The van der Waals surface area contributed by atoms with Crippen LogP contribution in [-0.4, -0.2) is 36.2 Å². The fraction of sp³-hybridized carbons (Fsp3) is 0.250. The van der Waals surface area contributed by atoms with E-state index >= 15 is 0 Å². The number of hydrogen-bond donors (Lipinski definition) is 3. The summed E-state index contributed by atoms with van der Waals surface area (Å²) in [4.78, 5) is 36.3. The Morgan fingerprint density at radius 2 is 1.51 bits per heavy atom. The van der Waals surface area contributed by atoms with Gasteiger partial charge in [-0.3, -0.25) is 4.79 Å². The van der Waals surface area contributed by atoms with Crippen LogP contribution in [0.4, 0.5) is 4.79 Å². The summed E-state index contributed by atoms with van der Waals surface area (Å²) in [5, 5.41) is 14.6. The highest BCUT2D eigenvalue weighted by atomic mass is 16.5. The molecular formula is C28H28N2O5. The summed E-state index contributed by atoms with van der Waals surface area (Å²) in [5.41, 5.74) is 4.52. The number of nitrogens with one attached hydrogen (secondary N) is 2. The van der Waals surface area contributed by atoms with Crippen molar-refractivity contribution in [2.45, 2.75) is 26.3 Å². The minimum Gasteiger partial charge on any atom is -0.478 e. The van der Waals surface area contributed by atoms with Crippen LogP contribution in [0.25, 0.3) is 11.1 Å². The normalized spacial score (nSPS) is 12.4. The molecule has 1 aliphatic rings. The van der Waals surface area contributed by atoms with Gasteiger partial charge < -0.3 is 20.5 Å². The molecule has 0 aliphatic heterocycles. The third-order valence-electron chi connectivity index (χ3n) is 6.26. The Balaban J connectivity index is 1.29. The maximum Gasteiger partial charge on any atom is 0.407 e. The number of carboxylic acid groups (broad SMARTS) is 1. The first-order valence-corrected chi connectivity index (χ1v) is 11.5. The Labute approximate surface area is 204 Å². The highest BCUT2D eigenvalue weighted by molar-refractivity contribution is 5.88. The lowest BCUT2D eigenvalue weighted by atomic mass is 9.92. The maximum atomic E-state index is 12.7. The van der Waals surface area contributed by atoms with Crippen LogP contribution < -0.4 is 10.6 Å². The number of alkyl carbamates (subject to hydrolysis) is 1. The van der Waals surface area contributed by atoms with Crippen LogP contribution in [0, 0.1) is 5.41 Å². The van der Waals surface area contributed by atoms with E-state index in [0.717, 1.165) is 22.3 Å². The maximum absolute atomic E-state index is 12.7. The molecule has 1 aliphatic carbocycles. The lowest BCUT2D eigenvalue weighted by Gasteiger charge is -2.24. The molecule has 0 heterocycles. The highest BCUT2D eigenvalue weighted by Crippen LogP contribution is 2.44. The van der Waals surface area contributed by atoms with Crippen molar-refractivity contribution < 1.29 is 24.2 Å². The number of carboxylic acids is 1. The molecule has 7 nitrogen and oxygen atoms in total. The van der Waals surface area contributed by atoms with Crippen molar-refractivity contribution >= 4 is 18.0 Å². The van der Waals surface area contributed by atoms with E-state index < -0.39 is 17.5 Å². The Morgan fingerprint density at radius 3 is 2.14 bits per heavy atom. The van der Waals surface area contributed by atoms with Crippen molar-refractivity contribution in [3.05, 3.63) is 95.1 Å². The van der Waals surface area contributed by atoms with E-state index in [2.05, 4.69) is 34.9 Å². The second-order valence-corrected chi connectivity index (χ2v) is 9.25. The first kappa shape index (κ1) is 24.0. The number of aromatic carboxylic acids is 1. The second-order valence-electron chi connectivity index (χ2n) is 9.25. The quantitative estimate of drug-likeness (QED) is 0.446. The first-order chi connectivity index (χ1) is 16.8. The van der Waals surface area contributed by atoms with Crippen molar-refractivity contribution in [2.24, 2.45) is 5.41 Å². The van der Waals surface area contributed by atoms with Crippen molar-refractivity contribution in [1.82, 2.24) is 10.6 Å². The molecule has 0 saturated heterocycles. The number of benzene rings is 3. The molecule has 0 unspecified atom stereocenters. The number of amides is 2. The predicted molar refractivity (Wildman–Crippen MR) is 132 cm³/mol. The number of carbonyl (C=O) groups is 3. The van der Waals surface area contributed by atoms with Gasteiger partial charge in [-0.05, 0) is 53.8 Å². The van der Waals surface area contributed by atoms with E-state index in [9.17, 15) is 14.4 Å². The summed E-state index contributed by atoms with van der Waals surface area (Å²) in [6.07, 6.45) is -0.582. The fourth-order valence-corrected chi connectivity index (χ4v) is 4.26. The Bertz CT molecular complexity index is 1220. The molecule has 0 bridgehead atoms. The number of ether oxygens (including phenoxy) is 1. The highest BCUT2D eigenvalue weighted by Gasteiger charge is 2.30. The summed E-state index contributed by atoms with van der Waals surface area (Å²) in [6.45, 7) is 3.92. The van der Waals surface area contributed by atoms with Crippen molar-refractivity contribution in [3.8, 4) is 11.1 Å². The average molecular weight is 473 g/mol. The van der Waals surface area contributed by atoms with Gasteiger partial charge in [0.1, 0.15) is 6.61 Å². The van der Waals surface area contributed by atoms with E-state index in [-0.39, 0.29) is 37.1 Å². The Kier molecular flexibility index (Phi) is 6.87. The molecule has 0 spiro atoms. The zero-order valence-electron chi connectivity index (χ0n) is 19.7. The minimum atomic E-state index is -1.02. The molecule has 35 heavy (non-hydrogen) atoms. The summed E-state index contributed by atoms with van der Waals surface area (Å²) in [7, 11) is 0. The first-order valence-electron chi connectivity index (χ1n) is 11.5. The molecule has 0 atom stereocenters. The van der Waals surface area contributed by atoms with Gasteiger partial charge in [-0.2, -0.15) is 0 Å². The number of rotatable bonds is 8. The van der Waals surface area contributed by atoms with Gasteiger partial charge in [0.05, 0.1) is 11.0 Å². The van der Waals surface area contributed by atoms with Gasteiger partial charge in [-0.25, -0.2) is 9.59 Å². The van der Waals surface area contributed by atoms with Crippen molar-refractivity contribution in [3.63, 3.8) is 0 Å². The van der Waals surface area contributed by atoms with Crippen molar-refractivity contribution in [2.75, 3.05) is 13.2 Å². The SMILES string of the molecule is CC(C)(CNC(=O)OCC1c2ccccc2-c2ccccc21)C(=O)NCc1cccc(C(=O)O)c1. The van der Waals surface area contributed by atoms with Gasteiger partial charge in [0, 0.05) is 19.0 Å². The topological polar surface area (TPSA) is 105 Å². The van der Waals surface area contributed by atoms with Crippen LogP contribution in [-0.2, 0) is 16.1 Å². The minimum absolute atomic E-state index is 0.0361. The van der Waals surface area contributed by atoms with E-state index in [1.165, 1.54) is 12.1 Å². The zero-order chi connectivity index (χ0) is 25.0. The molecule has 0 fully saturated rings. The van der Waals surface area contributed by atoms with E-state index in [4.69, 9.17) is 9.84 Å². The molecule has 3 aromatic rings. The summed E-state index contributed by atoms with van der Waals surface area (Å²) in [6, 6.07) is 22.6. The molecule has 7 heteroatoms. The summed E-state index contributed by atoms with van der Waals surface area (Å²) in [5.74, 6) is -1.33. The molecule has 180 valence electrons. The molecule has 0 aromatic heterocycles. The second kappa shape index (κ2) is 10.0. The number of carbonyl (C=O) groups excluding carboxylic acids is 2. The molecule has 4 rings (SSSR count). The van der Waals surface area contributed by atoms with Crippen LogP contribution >= 0.6 is 0 Å². The third kappa shape index (κ3) is 5.35. The third-order valence-corrected chi connectivity index (χ3v) is 6.26. The van der Waals surface area contributed by atoms with Crippen LogP contribution in [0.3, 0.4) is 0 Å². The predicted octanol–water partition coefficient (Wildman–Crippen LogP) is 4.57. The lowest BCUT2D eigenvalue weighted by molar-refractivity contribution is -0.129. The van der Waals surface area contributed by atoms with Crippen molar-refractivity contribution in [1.29, 1.82) is 0 Å². The molecule has 2 amide bonds. The van der Waals surface area contributed by atoms with Gasteiger partial charge in [-0.15, -0.1) is 0 Å². The van der Waals surface area contributed by atoms with Crippen LogP contribution in [0.1, 0.15) is 46.8 Å². The average Bonchev–Trinajstić information content (AvgIpc) is 3.18. The van der Waals surface area contributed by atoms with Crippen LogP contribution in [0.2, 0.25) is 0 Å². The fourth-order valence-electron chi connectivity index (χ4n) is 4.26. The Hall–Kier alpha value is -4.13. The van der Waals surface area contributed by atoms with E-state index in [0.29, 0.717) is 5.56 Å². The number of hydrogen-bond acceptors (Lipinski definition) is 4. The molecule has 3 N–H and O–H groups in total. The van der Waals surface area contributed by atoms with E-state index in [1.807, 2.05) is 24.3 Å². The van der Waals surface area contributed by atoms with Crippen LogP contribution in [0.5, 0.6) is 0 Å². The largest absolute Gasteiger partial charge is 0.478 e. The zero-order valence-corrected chi connectivity index (χ0v) is 19.7. The lowest BCUT2D eigenvalue weighted by Crippen LogP contribution is -2.44. The van der Waals surface area contributed by atoms with Crippen LogP contribution in [0.15, 0.2) is 72.8 Å². The summed E-state index contributed by atoms with van der Waals surface area (Å²) < 4.78 is 5.54. The van der Waals surface area contributed by atoms with Gasteiger partial charge >= 0.3 is 12.1 Å². The Morgan fingerprint density at radius 1 is 0.886 bits per heavy atom. The molecule has 3 aromatic carbocycles. The number of fused-ring (bicyclic) bond motifs is 3. The smallest absolute Gasteiger partial charge is 0.407 e. The van der Waals surface area contributed by atoms with E-state index in [1.54, 1.807) is 26.0 Å². The standard InChI is InChI=1S/C28H28N2O5/c1-28(2,26(33)29-15-18-8-7-9-19(14-18)25(31)32)17-30-27(34)35-16-24-22-12-5-3-10-20(22)21-11-4-6-13-23(21)24/h3-14,24H,15-17H2,1-2H3,(H,29,33)(H,30,34)(H,31,32). The monoisotopic (exact) mass is 472 g/mol. The van der Waals surface area contributed by atoms with Gasteiger partial charge in [-0.1, -0.05) is 60.7 Å².